The number of aliphatic hydroxyl groups excluding tert-OH is 2. The zero-order valence-corrected chi connectivity index (χ0v) is 17.3. The predicted molar refractivity (Wildman–Crippen MR) is 116 cm³/mol. The number of tetrazole rings is 1. The number of aliphatic hydroxyl groups is 2. The second-order valence-electron chi connectivity index (χ2n) is 6.72. The minimum absolute atomic E-state index is 0. The second-order valence-corrected chi connectivity index (χ2v) is 7.66. The van der Waals surface area contributed by atoms with E-state index < -0.39 is 24.1 Å². The largest absolute Gasteiger partial charge is 0.479 e. The minimum atomic E-state index is -2.27. The topological polar surface area (TPSA) is 178 Å². The summed E-state index contributed by atoms with van der Waals surface area (Å²) in [6.07, 6.45) is -2.67. The Morgan fingerprint density at radius 3 is 2.25 bits per heavy atom. The van der Waals surface area contributed by atoms with E-state index in [1.165, 1.54) is 0 Å². The van der Waals surface area contributed by atoms with Crippen LogP contribution in [-0.4, -0.2) is 108 Å². The summed E-state index contributed by atoms with van der Waals surface area (Å²) in [5, 5.41) is 46.7. The monoisotopic (exact) mass is 467 g/mol. The number of hydrogen-bond donors (Lipinski definition) is 4. The Morgan fingerprint density at radius 1 is 1.09 bits per heavy atom. The Balaban J connectivity index is 0.000000285. The summed E-state index contributed by atoms with van der Waals surface area (Å²) >= 11 is 1.66. The summed E-state index contributed by atoms with van der Waals surface area (Å²) in [7, 11) is 2.14. The number of rotatable bonds is 5. The first-order valence-corrected chi connectivity index (χ1v) is 10.0. The SMILES string of the molecule is C.CN1CCN(c2ncc(-c3cccs3)n3nnnc23)CC1.O=C(O)C(O)C(O)C(=O)O. The highest BCUT2D eigenvalue weighted by atomic mass is 32.1. The molecular weight excluding hydrogens is 442 g/mol. The molecule has 0 amide bonds. The van der Waals surface area contributed by atoms with Crippen molar-refractivity contribution in [1.29, 1.82) is 0 Å². The van der Waals surface area contributed by atoms with Gasteiger partial charge >= 0.3 is 11.9 Å². The summed E-state index contributed by atoms with van der Waals surface area (Å²) in [6.45, 7) is 3.96. The summed E-state index contributed by atoms with van der Waals surface area (Å²) in [6, 6.07) is 4.07. The van der Waals surface area contributed by atoms with Crippen LogP contribution in [0.25, 0.3) is 16.2 Å². The first-order valence-electron chi connectivity index (χ1n) is 9.15. The predicted octanol–water partition coefficient (Wildman–Crippen LogP) is -0.487. The molecule has 0 saturated carbocycles. The average molecular weight is 468 g/mol. The third kappa shape index (κ3) is 5.53. The van der Waals surface area contributed by atoms with Gasteiger partial charge in [-0.2, -0.15) is 4.52 Å². The van der Waals surface area contributed by atoms with Gasteiger partial charge in [-0.15, -0.1) is 16.4 Å². The molecular formula is C18H25N7O6S. The van der Waals surface area contributed by atoms with Crippen LogP contribution in [0.4, 0.5) is 5.82 Å². The molecule has 0 aromatic carbocycles. The van der Waals surface area contributed by atoms with E-state index >= 15 is 0 Å². The maximum absolute atomic E-state index is 9.77. The van der Waals surface area contributed by atoms with Gasteiger partial charge in [0.1, 0.15) is 5.69 Å². The number of carbonyl (C=O) groups is 2. The molecule has 4 N–H and O–H groups in total. The normalized spacial score (nSPS) is 15.9. The molecule has 174 valence electrons. The number of hydrogen-bond acceptors (Lipinski definition) is 11. The van der Waals surface area contributed by atoms with Crippen LogP contribution in [-0.2, 0) is 9.59 Å². The van der Waals surface area contributed by atoms with E-state index in [-0.39, 0.29) is 7.43 Å². The second kappa shape index (κ2) is 10.9. The number of aromatic nitrogens is 5. The molecule has 13 nitrogen and oxygen atoms in total. The van der Waals surface area contributed by atoms with Crippen LogP contribution in [0.1, 0.15) is 7.43 Å². The molecule has 2 unspecified atom stereocenters. The van der Waals surface area contributed by atoms with Crippen molar-refractivity contribution in [2.75, 3.05) is 38.1 Å². The summed E-state index contributed by atoms with van der Waals surface area (Å²) in [5.74, 6) is -2.67. The molecule has 0 aliphatic carbocycles. The molecule has 2 atom stereocenters. The lowest BCUT2D eigenvalue weighted by Crippen LogP contribution is -2.45. The van der Waals surface area contributed by atoms with Crippen molar-refractivity contribution in [3.8, 4) is 10.6 Å². The number of aliphatic carboxylic acids is 2. The van der Waals surface area contributed by atoms with E-state index in [1.54, 1.807) is 15.9 Å². The molecule has 1 aliphatic rings. The van der Waals surface area contributed by atoms with Gasteiger partial charge in [0.2, 0.25) is 5.65 Å². The highest BCUT2D eigenvalue weighted by Crippen LogP contribution is 2.27. The highest BCUT2D eigenvalue weighted by Gasteiger charge is 2.29. The van der Waals surface area contributed by atoms with Crippen LogP contribution in [0.5, 0.6) is 0 Å². The number of carboxylic acids is 2. The molecule has 4 heterocycles. The molecule has 1 saturated heterocycles. The highest BCUT2D eigenvalue weighted by molar-refractivity contribution is 7.13. The first kappa shape index (κ1) is 25.1. The van der Waals surface area contributed by atoms with Gasteiger partial charge in [-0.1, -0.05) is 13.5 Å². The van der Waals surface area contributed by atoms with Crippen molar-refractivity contribution in [2.24, 2.45) is 0 Å². The maximum Gasteiger partial charge on any atom is 0.335 e. The molecule has 32 heavy (non-hydrogen) atoms. The molecule has 14 heteroatoms. The Hall–Kier alpha value is -3.20. The fraction of sp³-hybridized carbons (Fsp3) is 0.444. The van der Waals surface area contributed by atoms with Gasteiger partial charge in [0, 0.05) is 26.2 Å². The van der Waals surface area contributed by atoms with E-state index in [1.807, 2.05) is 17.6 Å². The zero-order chi connectivity index (χ0) is 22.5. The number of likely N-dealkylation sites (N-methyl/N-ethyl adjacent to an activating group) is 1. The van der Waals surface area contributed by atoms with Gasteiger partial charge in [0.05, 0.1) is 11.1 Å². The summed E-state index contributed by atoms with van der Waals surface area (Å²) < 4.78 is 1.78. The van der Waals surface area contributed by atoms with E-state index in [0.29, 0.717) is 0 Å². The maximum atomic E-state index is 9.77. The van der Waals surface area contributed by atoms with E-state index in [2.05, 4.69) is 43.4 Å². The fourth-order valence-corrected chi connectivity index (χ4v) is 3.55. The van der Waals surface area contributed by atoms with E-state index in [4.69, 9.17) is 20.4 Å². The molecule has 0 radical (unpaired) electrons. The minimum Gasteiger partial charge on any atom is -0.479 e. The van der Waals surface area contributed by atoms with Crippen LogP contribution in [0.2, 0.25) is 0 Å². The van der Waals surface area contributed by atoms with Crippen molar-refractivity contribution >= 4 is 34.7 Å². The van der Waals surface area contributed by atoms with Crippen molar-refractivity contribution in [2.45, 2.75) is 19.6 Å². The first-order chi connectivity index (χ1) is 14.8. The molecule has 1 fully saturated rings. The van der Waals surface area contributed by atoms with Gasteiger partial charge in [0.15, 0.2) is 18.0 Å². The van der Waals surface area contributed by atoms with Crippen LogP contribution in [0.15, 0.2) is 23.7 Å². The Morgan fingerprint density at radius 2 is 1.72 bits per heavy atom. The smallest absolute Gasteiger partial charge is 0.335 e. The lowest BCUT2D eigenvalue weighted by molar-refractivity contribution is -0.165. The number of carboxylic acid groups (broad SMARTS) is 2. The third-order valence-electron chi connectivity index (χ3n) is 4.59. The Kier molecular flexibility index (Phi) is 8.54. The van der Waals surface area contributed by atoms with Crippen LogP contribution >= 0.6 is 11.3 Å². The lowest BCUT2D eigenvalue weighted by Gasteiger charge is -2.33. The van der Waals surface area contributed by atoms with Crippen molar-refractivity contribution in [1.82, 2.24) is 29.9 Å². The molecule has 0 spiro atoms. The van der Waals surface area contributed by atoms with Crippen LogP contribution < -0.4 is 4.90 Å². The van der Waals surface area contributed by atoms with Gasteiger partial charge in [-0.3, -0.25) is 0 Å². The van der Waals surface area contributed by atoms with Gasteiger partial charge in [-0.05, 0) is 28.9 Å². The van der Waals surface area contributed by atoms with E-state index in [0.717, 1.165) is 48.2 Å². The number of thiophene rings is 1. The lowest BCUT2D eigenvalue weighted by atomic mass is 10.2. The standard InChI is InChI=1S/C13H15N7S.C4H6O6.CH4/c1-18-4-6-19(7-5-18)12-13-15-16-17-20(13)10(9-14-12)11-3-2-8-21-11;5-1(3(7)8)2(6)4(9)10;/h2-3,8-9H,4-7H2,1H3;1-2,5-6H,(H,7,8)(H,9,10);1H4. The number of nitrogens with zero attached hydrogens (tertiary/aromatic N) is 7. The number of piperazine rings is 1. The van der Waals surface area contributed by atoms with E-state index in [9.17, 15) is 9.59 Å². The zero-order valence-electron chi connectivity index (χ0n) is 16.4. The van der Waals surface area contributed by atoms with Gasteiger partial charge < -0.3 is 30.2 Å². The fourth-order valence-electron chi connectivity index (χ4n) is 2.83. The molecule has 0 bridgehead atoms. The summed E-state index contributed by atoms with van der Waals surface area (Å²) in [4.78, 5) is 29.9. The van der Waals surface area contributed by atoms with Gasteiger partial charge in [0.25, 0.3) is 0 Å². The Labute approximate surface area is 187 Å². The van der Waals surface area contributed by atoms with Crippen molar-refractivity contribution in [3.05, 3.63) is 23.7 Å². The molecule has 3 aromatic heterocycles. The Bertz CT molecular complexity index is 1020. The summed E-state index contributed by atoms with van der Waals surface area (Å²) in [5.41, 5.74) is 1.66. The number of anilines is 1. The van der Waals surface area contributed by atoms with Gasteiger partial charge in [-0.25, -0.2) is 14.6 Å². The van der Waals surface area contributed by atoms with Crippen LogP contribution in [0, 0.1) is 0 Å². The quantitative estimate of drug-likeness (QED) is 0.379. The molecule has 1 aliphatic heterocycles. The third-order valence-corrected chi connectivity index (χ3v) is 5.48. The number of fused-ring (bicyclic) bond motifs is 1. The van der Waals surface area contributed by atoms with Crippen molar-refractivity contribution < 1.29 is 30.0 Å². The molecule has 4 rings (SSSR count). The average Bonchev–Trinajstić information content (AvgIpc) is 3.45. The van der Waals surface area contributed by atoms with Crippen LogP contribution in [0.3, 0.4) is 0 Å². The van der Waals surface area contributed by atoms with Crippen molar-refractivity contribution in [3.63, 3.8) is 0 Å². The molecule has 3 aromatic rings.